The first-order valence-electron chi connectivity index (χ1n) is 12.5. The van der Waals surface area contributed by atoms with Gasteiger partial charge in [0.1, 0.15) is 17.2 Å². The number of azide groups is 1. The molecule has 0 bridgehead atoms. The van der Waals surface area contributed by atoms with Gasteiger partial charge in [0.05, 0.1) is 0 Å². The third kappa shape index (κ3) is 5.93. The van der Waals surface area contributed by atoms with E-state index in [0.29, 0.717) is 16.9 Å². The van der Waals surface area contributed by atoms with Crippen molar-refractivity contribution >= 4 is 35.5 Å². The molecule has 3 atom stereocenters. The van der Waals surface area contributed by atoms with Gasteiger partial charge in [-0.3, -0.25) is 14.4 Å². The lowest BCUT2D eigenvalue weighted by molar-refractivity contribution is -0.166. The highest BCUT2D eigenvalue weighted by Gasteiger charge is 2.57. The Kier molecular flexibility index (Phi) is 8.33. The van der Waals surface area contributed by atoms with E-state index in [0.717, 1.165) is 11.8 Å². The highest BCUT2D eigenvalue weighted by atomic mass is 32.2. The molecular weight excluding hydrogens is 546 g/mol. The molecule has 2 unspecified atom stereocenters. The van der Waals surface area contributed by atoms with Crippen molar-refractivity contribution in [2.24, 2.45) is 5.11 Å². The quantitative estimate of drug-likeness (QED) is 0.135. The molecule has 2 aliphatic rings. The van der Waals surface area contributed by atoms with Gasteiger partial charge >= 0.3 is 5.97 Å². The third-order valence-corrected chi connectivity index (χ3v) is 7.63. The predicted octanol–water partition coefficient (Wildman–Crippen LogP) is 3.89. The van der Waals surface area contributed by atoms with E-state index in [2.05, 4.69) is 15.3 Å². The van der Waals surface area contributed by atoms with Crippen LogP contribution in [-0.2, 0) is 23.9 Å². The van der Waals surface area contributed by atoms with E-state index < -0.39 is 47.3 Å². The Morgan fingerprint density at radius 3 is 2.12 bits per heavy atom. The predicted molar refractivity (Wildman–Crippen MR) is 149 cm³/mol. The molecule has 3 aromatic carbocycles. The largest absolute Gasteiger partial charge is 0.484 e. The number of fused-ring (bicyclic) bond motifs is 1. The Morgan fingerprint density at radius 2 is 1.54 bits per heavy atom. The van der Waals surface area contributed by atoms with E-state index in [1.54, 1.807) is 72.8 Å². The van der Waals surface area contributed by atoms with Gasteiger partial charge in [0, 0.05) is 10.5 Å². The summed E-state index contributed by atoms with van der Waals surface area (Å²) in [6, 6.07) is 24.3. The Hall–Kier alpha value is -5.06. The van der Waals surface area contributed by atoms with Crippen LogP contribution >= 0.6 is 11.8 Å². The molecule has 206 valence electrons. The summed E-state index contributed by atoms with van der Waals surface area (Å²) in [5.74, 6) is -2.51. The maximum atomic E-state index is 13.7. The van der Waals surface area contributed by atoms with Gasteiger partial charge in [-0.15, -0.1) is 11.8 Å². The highest BCUT2D eigenvalue weighted by molar-refractivity contribution is 8.03. The fourth-order valence-electron chi connectivity index (χ4n) is 4.55. The number of thioether (sulfide) groups is 1. The average Bonchev–Trinajstić information content (AvgIpc) is 3.02. The fraction of sp³-hybridized carbons (Fsp3) is 0.172. The van der Waals surface area contributed by atoms with Crippen LogP contribution in [-0.4, -0.2) is 52.7 Å². The lowest BCUT2D eigenvalue weighted by Gasteiger charge is -2.51. The first-order valence-corrected chi connectivity index (χ1v) is 13.5. The molecule has 1 N–H and O–H groups in total. The molecule has 0 spiro atoms. The summed E-state index contributed by atoms with van der Waals surface area (Å²) in [5, 5.41) is 6.44. The summed E-state index contributed by atoms with van der Waals surface area (Å²) in [5.41, 5.74) is 10.0. The Morgan fingerprint density at radius 1 is 0.951 bits per heavy atom. The van der Waals surface area contributed by atoms with Gasteiger partial charge in [-0.2, -0.15) is 0 Å². The second kappa shape index (κ2) is 12.4. The molecule has 0 aromatic heterocycles. The summed E-state index contributed by atoms with van der Waals surface area (Å²) in [7, 11) is 0. The van der Waals surface area contributed by atoms with E-state index in [1.165, 1.54) is 10.3 Å². The Balaban J connectivity index is 1.37. The zero-order valence-electron chi connectivity index (χ0n) is 21.4. The molecule has 5 rings (SSSR count). The van der Waals surface area contributed by atoms with Crippen LogP contribution in [0.25, 0.3) is 10.4 Å². The molecule has 3 aromatic rings. The molecule has 12 heteroatoms. The van der Waals surface area contributed by atoms with Crippen LogP contribution in [0.1, 0.15) is 17.2 Å². The Labute approximate surface area is 238 Å². The van der Waals surface area contributed by atoms with Crippen molar-refractivity contribution in [3.8, 4) is 5.75 Å². The molecule has 0 saturated carbocycles. The average molecular weight is 570 g/mol. The SMILES string of the molecule is [N-]=[N+]=NC(=O)C1=CS[C@@H]2C(NC(=O)COc3ccccc3)C(=O)N2C1C(=O)OC(c1ccccc1)c1ccccc1. The number of amides is 3. The minimum absolute atomic E-state index is 0.195. The van der Waals surface area contributed by atoms with Crippen LogP contribution in [0.5, 0.6) is 5.75 Å². The second-order valence-electron chi connectivity index (χ2n) is 9.03. The van der Waals surface area contributed by atoms with Gasteiger partial charge in [0.15, 0.2) is 18.8 Å². The molecule has 2 heterocycles. The molecule has 11 nitrogen and oxygen atoms in total. The highest BCUT2D eigenvalue weighted by Crippen LogP contribution is 2.41. The van der Waals surface area contributed by atoms with Crippen molar-refractivity contribution in [3.63, 3.8) is 0 Å². The number of hydrogen-bond donors (Lipinski definition) is 1. The zero-order valence-corrected chi connectivity index (χ0v) is 22.2. The maximum Gasteiger partial charge on any atom is 0.334 e. The van der Waals surface area contributed by atoms with Crippen molar-refractivity contribution in [1.29, 1.82) is 0 Å². The standard InChI is InChI=1S/C29H23N5O6S/c30-33-32-26(36)21-17-41-28-23(31-22(35)16-39-20-14-8-3-9-15-20)27(37)34(28)24(21)29(38)40-25(18-10-4-1-5-11-18)19-12-6-2-7-13-19/h1-15,17,23-25,28H,16H2,(H,31,35)/t23?,24?,28-/m1/s1. The first-order chi connectivity index (χ1) is 20.0. The van der Waals surface area contributed by atoms with Crippen LogP contribution in [0.15, 0.2) is 107 Å². The van der Waals surface area contributed by atoms with E-state index >= 15 is 0 Å². The maximum absolute atomic E-state index is 13.7. The van der Waals surface area contributed by atoms with Crippen molar-refractivity contribution < 1.29 is 28.7 Å². The number of hydrogen-bond acceptors (Lipinski definition) is 7. The van der Waals surface area contributed by atoms with Gasteiger partial charge in [0.2, 0.25) is 11.8 Å². The van der Waals surface area contributed by atoms with Crippen LogP contribution in [0.2, 0.25) is 0 Å². The number of benzene rings is 3. The van der Waals surface area contributed by atoms with Crippen molar-refractivity contribution in [2.45, 2.75) is 23.6 Å². The van der Waals surface area contributed by atoms with E-state index in [9.17, 15) is 19.2 Å². The van der Waals surface area contributed by atoms with Crippen molar-refractivity contribution in [3.05, 3.63) is 124 Å². The van der Waals surface area contributed by atoms with Crippen molar-refractivity contribution in [1.82, 2.24) is 10.2 Å². The van der Waals surface area contributed by atoms with Gasteiger partial charge in [0.25, 0.3) is 5.91 Å². The monoisotopic (exact) mass is 569 g/mol. The number of carbonyl (C=O) groups excluding carboxylic acids is 4. The van der Waals surface area contributed by atoms with Crippen molar-refractivity contribution in [2.75, 3.05) is 6.61 Å². The minimum atomic E-state index is -1.48. The number of rotatable bonds is 9. The van der Waals surface area contributed by atoms with Gasteiger partial charge in [-0.05, 0) is 39.3 Å². The van der Waals surface area contributed by atoms with Crippen LogP contribution in [0, 0.1) is 0 Å². The third-order valence-electron chi connectivity index (χ3n) is 6.46. The molecule has 1 saturated heterocycles. The summed E-state index contributed by atoms with van der Waals surface area (Å²) in [6.07, 6.45) is -0.837. The van der Waals surface area contributed by atoms with Crippen LogP contribution in [0.4, 0.5) is 0 Å². The number of ether oxygens (including phenoxy) is 2. The number of para-hydroxylation sites is 1. The fourth-order valence-corrected chi connectivity index (χ4v) is 5.76. The normalized spacial score (nSPS) is 19.1. The minimum Gasteiger partial charge on any atom is -0.484 e. The number of β-lactam (4-membered cyclic amide) rings is 1. The summed E-state index contributed by atoms with van der Waals surface area (Å²) < 4.78 is 11.4. The number of nitrogens with zero attached hydrogens (tertiary/aromatic N) is 4. The number of nitrogens with one attached hydrogen (secondary N) is 1. The van der Waals surface area contributed by atoms with Gasteiger partial charge < -0.3 is 19.7 Å². The van der Waals surface area contributed by atoms with Crippen LogP contribution < -0.4 is 10.1 Å². The summed E-state index contributed by atoms with van der Waals surface area (Å²) in [4.78, 5) is 55.9. The molecular formula is C29H23N5O6S. The smallest absolute Gasteiger partial charge is 0.334 e. The molecule has 0 radical (unpaired) electrons. The molecule has 41 heavy (non-hydrogen) atoms. The van der Waals surface area contributed by atoms with E-state index in [-0.39, 0.29) is 12.2 Å². The van der Waals surface area contributed by atoms with Gasteiger partial charge in [-0.25, -0.2) is 4.79 Å². The molecule has 2 aliphatic heterocycles. The number of carbonyl (C=O) groups is 4. The second-order valence-corrected chi connectivity index (χ2v) is 10.0. The number of esters is 1. The topological polar surface area (TPSA) is 151 Å². The lowest BCUT2D eigenvalue weighted by Crippen LogP contribution is -2.74. The summed E-state index contributed by atoms with van der Waals surface area (Å²) >= 11 is 1.05. The zero-order chi connectivity index (χ0) is 28.8. The molecule has 0 aliphatic carbocycles. The first kappa shape index (κ1) is 27.5. The van der Waals surface area contributed by atoms with Crippen LogP contribution in [0.3, 0.4) is 0 Å². The summed E-state index contributed by atoms with van der Waals surface area (Å²) in [6.45, 7) is -0.317. The van der Waals surface area contributed by atoms with E-state index in [4.69, 9.17) is 15.0 Å². The Bertz CT molecular complexity index is 1490. The van der Waals surface area contributed by atoms with E-state index in [1.807, 2.05) is 18.2 Å². The lowest BCUT2D eigenvalue weighted by atomic mass is 9.97. The molecule has 1 fully saturated rings. The van der Waals surface area contributed by atoms with Gasteiger partial charge in [-0.1, -0.05) is 78.9 Å². The molecule has 3 amide bonds.